The molecule has 0 bridgehead atoms. The fraction of sp³-hybridized carbons (Fsp3) is 0.706. The molecule has 1 aromatic rings. The van der Waals surface area contributed by atoms with Crippen LogP contribution in [0.15, 0.2) is 6.20 Å². The average Bonchev–Trinajstić information content (AvgIpc) is 2.94. The van der Waals surface area contributed by atoms with E-state index in [2.05, 4.69) is 15.3 Å². The van der Waals surface area contributed by atoms with Gasteiger partial charge in [0.15, 0.2) is 0 Å². The van der Waals surface area contributed by atoms with Crippen LogP contribution in [-0.4, -0.2) is 71.1 Å². The van der Waals surface area contributed by atoms with Crippen molar-refractivity contribution in [2.75, 3.05) is 24.7 Å². The molecule has 0 radical (unpaired) electrons. The molecule has 1 aliphatic carbocycles. The van der Waals surface area contributed by atoms with Crippen molar-refractivity contribution < 1.29 is 22.7 Å². The molecule has 0 spiro atoms. The van der Waals surface area contributed by atoms with Gasteiger partial charge in [-0.2, -0.15) is 14.6 Å². The summed E-state index contributed by atoms with van der Waals surface area (Å²) in [7, 11) is -3.44. The monoisotopic (exact) mass is 413 g/mol. The van der Waals surface area contributed by atoms with Crippen molar-refractivity contribution >= 4 is 16.0 Å². The second-order valence-electron chi connectivity index (χ2n) is 7.56. The van der Waals surface area contributed by atoms with E-state index in [1.807, 2.05) is 6.07 Å². The van der Waals surface area contributed by atoms with Crippen LogP contribution in [0.2, 0.25) is 0 Å². The summed E-state index contributed by atoms with van der Waals surface area (Å²) in [5, 5.41) is 22.5. The first-order chi connectivity index (χ1) is 13.1. The van der Waals surface area contributed by atoms with Crippen LogP contribution in [0.5, 0.6) is 5.88 Å². The lowest BCUT2D eigenvalue weighted by Gasteiger charge is -2.33. The Hall–Kier alpha value is -2.03. The summed E-state index contributed by atoms with van der Waals surface area (Å²) in [5.41, 5.74) is -0.884. The number of ether oxygens (including phenoxy) is 1. The van der Waals surface area contributed by atoms with E-state index in [0.717, 1.165) is 17.0 Å². The van der Waals surface area contributed by atoms with Crippen molar-refractivity contribution in [2.24, 2.45) is 0 Å². The Labute approximate surface area is 163 Å². The predicted molar refractivity (Wildman–Crippen MR) is 99.0 cm³/mol. The highest BCUT2D eigenvalue weighted by Crippen LogP contribution is 2.33. The lowest BCUT2D eigenvalue weighted by Crippen LogP contribution is -2.49. The van der Waals surface area contributed by atoms with Crippen LogP contribution in [0.25, 0.3) is 0 Å². The smallest absolute Gasteiger partial charge is 0.236 e. The molecule has 4 atom stereocenters. The number of hydrogen-bond donors (Lipinski definition) is 2. The van der Waals surface area contributed by atoms with Crippen LogP contribution in [0.1, 0.15) is 38.2 Å². The number of nitrogens with one attached hydrogen (secondary N) is 1. The normalized spacial score (nSPS) is 31.3. The fourth-order valence-electron chi connectivity index (χ4n) is 3.55. The van der Waals surface area contributed by atoms with Crippen LogP contribution in [-0.2, 0) is 10.0 Å². The van der Waals surface area contributed by atoms with E-state index >= 15 is 0 Å². The Kier molecular flexibility index (Phi) is 5.74. The third-order valence-electron chi connectivity index (χ3n) is 5.26. The first kappa shape index (κ1) is 20.7. The Morgan fingerprint density at radius 3 is 2.82 bits per heavy atom. The maximum absolute atomic E-state index is 14.4. The molecule has 2 fully saturated rings. The number of halogens is 1. The number of piperidine rings is 1. The zero-order chi connectivity index (χ0) is 20.5. The molecule has 2 N–H and O–H groups in total. The highest BCUT2D eigenvalue weighted by atomic mass is 32.2. The van der Waals surface area contributed by atoms with E-state index in [1.165, 1.54) is 6.20 Å². The molecule has 3 rings (SSSR count). The highest BCUT2D eigenvalue weighted by molar-refractivity contribution is 7.88. The lowest BCUT2D eigenvalue weighted by molar-refractivity contribution is -0.0271. The molecule has 1 saturated heterocycles. The summed E-state index contributed by atoms with van der Waals surface area (Å²) in [6.07, 6.45) is 2.71. The van der Waals surface area contributed by atoms with Gasteiger partial charge in [-0.3, -0.25) is 0 Å². The van der Waals surface area contributed by atoms with Crippen LogP contribution in [0, 0.1) is 11.3 Å². The predicted octanol–water partition coefficient (Wildman–Crippen LogP) is 0.814. The summed E-state index contributed by atoms with van der Waals surface area (Å²) in [5.74, 6) is 0.128. The van der Waals surface area contributed by atoms with Crippen molar-refractivity contribution in [2.45, 2.75) is 56.5 Å². The molecule has 0 amide bonds. The topological polar surface area (TPSA) is 128 Å². The van der Waals surface area contributed by atoms with E-state index in [1.54, 1.807) is 6.92 Å². The second-order valence-corrected chi connectivity index (χ2v) is 9.54. The minimum atomic E-state index is -3.44. The molecular weight excluding hydrogens is 389 g/mol. The quantitative estimate of drug-likeness (QED) is 0.726. The van der Waals surface area contributed by atoms with Crippen LogP contribution in [0.4, 0.5) is 10.3 Å². The molecule has 2 heterocycles. The molecule has 0 unspecified atom stereocenters. The van der Waals surface area contributed by atoms with E-state index < -0.39 is 33.9 Å². The summed E-state index contributed by atoms with van der Waals surface area (Å²) >= 11 is 0. The van der Waals surface area contributed by atoms with Crippen molar-refractivity contribution in [3.05, 3.63) is 11.8 Å². The van der Waals surface area contributed by atoms with E-state index in [-0.39, 0.29) is 36.9 Å². The first-order valence-corrected chi connectivity index (χ1v) is 11.0. The number of aliphatic hydroxyl groups is 1. The van der Waals surface area contributed by atoms with Crippen LogP contribution < -0.4 is 10.1 Å². The molecule has 11 heteroatoms. The number of nitriles is 1. The molecule has 9 nitrogen and oxygen atoms in total. The van der Waals surface area contributed by atoms with Gasteiger partial charge in [0.2, 0.25) is 21.9 Å². The standard InChI is InChI=1S/C17H24FN5O4S/c1-17(24)6-3-4-14(17)27-15-11(8-19)9-20-16(22-15)21-13-5-7-23(10-12(13)18)28(2,25)26/h9,12-14,24H,3-7,10H2,1-2H3,(H,20,21,22)/t12-,13+,14-,17+/m1/s1. The van der Waals surface area contributed by atoms with Gasteiger partial charge in [-0.05, 0) is 32.6 Å². The van der Waals surface area contributed by atoms with Crippen molar-refractivity contribution in [3.8, 4) is 11.9 Å². The van der Waals surface area contributed by atoms with Gasteiger partial charge >= 0.3 is 0 Å². The van der Waals surface area contributed by atoms with Gasteiger partial charge < -0.3 is 15.2 Å². The van der Waals surface area contributed by atoms with E-state index in [0.29, 0.717) is 12.8 Å². The molecule has 28 heavy (non-hydrogen) atoms. The largest absolute Gasteiger partial charge is 0.470 e. The minimum Gasteiger partial charge on any atom is -0.470 e. The van der Waals surface area contributed by atoms with Gasteiger partial charge in [0.25, 0.3) is 0 Å². The second kappa shape index (κ2) is 7.77. The minimum absolute atomic E-state index is 0.0381. The van der Waals surface area contributed by atoms with Gasteiger partial charge in [0.05, 0.1) is 24.1 Å². The van der Waals surface area contributed by atoms with Gasteiger partial charge in [0, 0.05) is 13.1 Å². The summed E-state index contributed by atoms with van der Waals surface area (Å²) in [6, 6.07) is 1.29. The van der Waals surface area contributed by atoms with Gasteiger partial charge in [0.1, 0.15) is 23.9 Å². The molecule has 0 aromatic carbocycles. The van der Waals surface area contributed by atoms with Crippen molar-refractivity contribution in [3.63, 3.8) is 0 Å². The van der Waals surface area contributed by atoms with Crippen molar-refractivity contribution in [1.29, 1.82) is 5.26 Å². The lowest BCUT2D eigenvalue weighted by atomic mass is 10.0. The average molecular weight is 413 g/mol. The molecule has 2 aliphatic rings. The number of sulfonamides is 1. The molecular formula is C17H24FN5O4S. The summed E-state index contributed by atoms with van der Waals surface area (Å²) < 4.78 is 44.5. The Morgan fingerprint density at radius 1 is 1.50 bits per heavy atom. The number of anilines is 1. The van der Waals surface area contributed by atoms with Gasteiger partial charge in [-0.1, -0.05) is 0 Å². The Balaban J connectivity index is 1.72. The molecule has 1 aliphatic heterocycles. The third-order valence-corrected chi connectivity index (χ3v) is 6.53. The van der Waals surface area contributed by atoms with Crippen molar-refractivity contribution in [1.82, 2.24) is 14.3 Å². The van der Waals surface area contributed by atoms with Crippen LogP contribution in [0.3, 0.4) is 0 Å². The molecule has 154 valence electrons. The zero-order valence-corrected chi connectivity index (χ0v) is 16.6. The third kappa shape index (κ3) is 4.51. The Morgan fingerprint density at radius 2 is 2.25 bits per heavy atom. The highest BCUT2D eigenvalue weighted by Gasteiger charge is 2.39. The number of hydrogen-bond acceptors (Lipinski definition) is 8. The molecule has 1 saturated carbocycles. The molecule has 1 aromatic heterocycles. The van der Waals surface area contributed by atoms with Gasteiger partial charge in [-0.15, -0.1) is 0 Å². The SMILES string of the molecule is C[C@]1(O)CCC[C@H]1Oc1nc(N[C@H]2CCN(S(C)(=O)=O)C[C@H]2F)ncc1C#N. The maximum atomic E-state index is 14.4. The maximum Gasteiger partial charge on any atom is 0.236 e. The fourth-order valence-corrected chi connectivity index (χ4v) is 4.40. The number of aromatic nitrogens is 2. The van der Waals surface area contributed by atoms with Gasteiger partial charge in [-0.25, -0.2) is 17.8 Å². The zero-order valence-electron chi connectivity index (χ0n) is 15.8. The number of rotatable bonds is 5. The van der Waals surface area contributed by atoms with E-state index in [9.17, 15) is 23.2 Å². The number of alkyl halides is 1. The summed E-state index contributed by atoms with van der Waals surface area (Å²) in [6.45, 7) is 1.64. The first-order valence-electron chi connectivity index (χ1n) is 9.12. The summed E-state index contributed by atoms with van der Waals surface area (Å²) in [4.78, 5) is 8.22. The number of nitrogens with zero attached hydrogens (tertiary/aromatic N) is 4. The van der Waals surface area contributed by atoms with Crippen LogP contribution >= 0.6 is 0 Å². The van der Waals surface area contributed by atoms with E-state index in [4.69, 9.17) is 4.74 Å². The Bertz CT molecular complexity index is 873.